The fraction of sp³-hybridized carbons (Fsp3) is 0.174. The molecule has 5 rings (SSSR count). The lowest BCUT2D eigenvalue weighted by atomic mass is 10.2. The summed E-state index contributed by atoms with van der Waals surface area (Å²) in [6, 6.07) is 9.89. The third kappa shape index (κ3) is 4.68. The lowest BCUT2D eigenvalue weighted by Gasteiger charge is -2.12. The first-order valence-corrected chi connectivity index (χ1v) is 11.8. The maximum absolute atomic E-state index is 6.08. The second-order valence-corrected chi connectivity index (χ2v) is 8.97. The number of hydrogen-bond acceptors (Lipinski definition) is 6. The Morgan fingerprint density at radius 3 is 2.78 bits per heavy atom. The molecule has 0 bridgehead atoms. The van der Waals surface area contributed by atoms with Crippen LogP contribution in [0, 0.1) is 0 Å². The summed E-state index contributed by atoms with van der Waals surface area (Å²) in [4.78, 5) is 16.7. The molecule has 0 saturated heterocycles. The molecular formula is C23H20BrN5O2S. The molecule has 4 aromatic heterocycles. The SMILES string of the molecule is Cn1ccnc1COc1cc(OCCc2ccsc2)cc(-c2nc3ncc(Br)cc3[nH]2)c1. The zero-order valence-electron chi connectivity index (χ0n) is 17.3. The Morgan fingerprint density at radius 1 is 1.12 bits per heavy atom. The van der Waals surface area contributed by atoms with Crippen molar-refractivity contribution in [3.63, 3.8) is 0 Å². The number of benzene rings is 1. The molecule has 1 aromatic carbocycles. The number of ether oxygens (including phenoxy) is 2. The zero-order chi connectivity index (χ0) is 21.9. The first kappa shape index (κ1) is 20.7. The second-order valence-electron chi connectivity index (χ2n) is 7.28. The lowest BCUT2D eigenvalue weighted by molar-refractivity contribution is 0.285. The quantitative estimate of drug-likeness (QED) is 0.303. The van der Waals surface area contributed by atoms with Crippen LogP contribution in [0.1, 0.15) is 11.4 Å². The minimum atomic E-state index is 0.357. The third-order valence-electron chi connectivity index (χ3n) is 4.99. The van der Waals surface area contributed by atoms with Gasteiger partial charge in [0, 0.05) is 48.2 Å². The highest BCUT2D eigenvalue weighted by molar-refractivity contribution is 9.10. The maximum Gasteiger partial charge on any atom is 0.178 e. The van der Waals surface area contributed by atoms with Crippen LogP contribution in [0.5, 0.6) is 11.5 Å². The van der Waals surface area contributed by atoms with Gasteiger partial charge >= 0.3 is 0 Å². The molecule has 0 aliphatic carbocycles. The van der Waals surface area contributed by atoms with E-state index in [9.17, 15) is 0 Å². The predicted molar refractivity (Wildman–Crippen MR) is 128 cm³/mol. The predicted octanol–water partition coefficient (Wildman–Crippen LogP) is 5.38. The molecule has 162 valence electrons. The lowest BCUT2D eigenvalue weighted by Crippen LogP contribution is -2.04. The summed E-state index contributed by atoms with van der Waals surface area (Å²) in [7, 11) is 1.95. The first-order valence-electron chi connectivity index (χ1n) is 10.0. The van der Waals surface area contributed by atoms with Crippen molar-refractivity contribution in [2.75, 3.05) is 6.61 Å². The van der Waals surface area contributed by atoms with Gasteiger partial charge in [-0.2, -0.15) is 11.3 Å². The van der Waals surface area contributed by atoms with E-state index < -0.39 is 0 Å². The van der Waals surface area contributed by atoms with E-state index in [2.05, 4.69) is 52.7 Å². The van der Waals surface area contributed by atoms with E-state index in [-0.39, 0.29) is 0 Å². The molecular weight excluding hydrogens is 490 g/mol. The molecule has 32 heavy (non-hydrogen) atoms. The Morgan fingerprint density at radius 2 is 2.00 bits per heavy atom. The van der Waals surface area contributed by atoms with Crippen LogP contribution in [-0.4, -0.2) is 31.1 Å². The molecule has 5 aromatic rings. The molecule has 0 aliphatic heterocycles. The van der Waals surface area contributed by atoms with Crippen LogP contribution in [0.4, 0.5) is 0 Å². The number of thiophene rings is 1. The normalized spacial score (nSPS) is 11.2. The number of pyridine rings is 1. The van der Waals surface area contributed by atoms with E-state index in [1.165, 1.54) is 5.56 Å². The van der Waals surface area contributed by atoms with Gasteiger partial charge in [-0.25, -0.2) is 15.0 Å². The molecule has 1 N–H and O–H groups in total. The van der Waals surface area contributed by atoms with Gasteiger partial charge in [0.2, 0.25) is 0 Å². The first-order chi connectivity index (χ1) is 15.6. The van der Waals surface area contributed by atoms with Gasteiger partial charge in [-0.05, 0) is 56.5 Å². The summed E-state index contributed by atoms with van der Waals surface area (Å²) in [5.41, 5.74) is 3.64. The van der Waals surface area contributed by atoms with Crippen LogP contribution in [0.2, 0.25) is 0 Å². The highest BCUT2D eigenvalue weighted by Crippen LogP contribution is 2.30. The van der Waals surface area contributed by atoms with Gasteiger partial charge < -0.3 is 19.0 Å². The van der Waals surface area contributed by atoms with Crippen molar-refractivity contribution >= 4 is 38.4 Å². The van der Waals surface area contributed by atoms with Crippen molar-refractivity contribution in [3.05, 3.63) is 75.5 Å². The molecule has 0 spiro atoms. The molecule has 0 amide bonds. The van der Waals surface area contributed by atoms with Crippen LogP contribution >= 0.6 is 27.3 Å². The molecule has 0 aliphatic rings. The standard InChI is InChI=1S/C23H20BrN5O2S/c1-29-5-4-25-21(29)13-31-19-9-16(22-27-20-10-17(24)12-26-23(20)28-22)8-18(11-19)30-6-2-15-3-7-32-14-15/h3-5,7-12,14H,2,6,13H2,1H3,(H,26,27,28). The average Bonchev–Trinajstić information content (AvgIpc) is 3.53. The zero-order valence-corrected chi connectivity index (χ0v) is 19.7. The minimum absolute atomic E-state index is 0.357. The number of halogens is 1. The number of fused-ring (bicyclic) bond motifs is 1. The van der Waals surface area contributed by atoms with Crippen molar-refractivity contribution in [2.45, 2.75) is 13.0 Å². The number of imidazole rings is 2. The number of hydrogen-bond donors (Lipinski definition) is 1. The van der Waals surface area contributed by atoms with E-state index in [4.69, 9.17) is 9.47 Å². The number of aromatic amines is 1. The van der Waals surface area contributed by atoms with Gasteiger partial charge in [0.1, 0.15) is 29.8 Å². The van der Waals surface area contributed by atoms with Crippen LogP contribution in [0.25, 0.3) is 22.6 Å². The smallest absolute Gasteiger partial charge is 0.178 e. The van der Waals surface area contributed by atoms with Gasteiger partial charge in [0.15, 0.2) is 5.65 Å². The molecule has 0 atom stereocenters. The van der Waals surface area contributed by atoms with E-state index in [0.29, 0.717) is 30.4 Å². The van der Waals surface area contributed by atoms with Crippen LogP contribution < -0.4 is 9.47 Å². The van der Waals surface area contributed by atoms with Crippen molar-refractivity contribution < 1.29 is 9.47 Å². The van der Waals surface area contributed by atoms with E-state index >= 15 is 0 Å². The van der Waals surface area contributed by atoms with Crippen molar-refractivity contribution in [3.8, 4) is 22.9 Å². The molecule has 0 saturated carbocycles. The molecule has 0 unspecified atom stereocenters. The van der Waals surface area contributed by atoms with Crippen LogP contribution in [0.3, 0.4) is 0 Å². The molecule has 4 heterocycles. The van der Waals surface area contributed by atoms with Crippen molar-refractivity contribution in [1.29, 1.82) is 0 Å². The fourth-order valence-corrected chi connectivity index (χ4v) is 4.33. The number of nitrogens with zero attached hydrogens (tertiary/aromatic N) is 4. The fourth-order valence-electron chi connectivity index (χ4n) is 3.29. The summed E-state index contributed by atoms with van der Waals surface area (Å²) >= 11 is 5.15. The number of nitrogens with one attached hydrogen (secondary N) is 1. The van der Waals surface area contributed by atoms with Gasteiger partial charge in [-0.15, -0.1) is 0 Å². The number of H-pyrrole nitrogens is 1. The van der Waals surface area contributed by atoms with E-state index in [0.717, 1.165) is 33.5 Å². The van der Waals surface area contributed by atoms with Gasteiger partial charge in [0.25, 0.3) is 0 Å². The molecule has 0 fully saturated rings. The van der Waals surface area contributed by atoms with E-state index in [1.807, 2.05) is 42.1 Å². The summed E-state index contributed by atoms with van der Waals surface area (Å²) in [6.45, 7) is 0.934. The monoisotopic (exact) mass is 509 g/mol. The average molecular weight is 510 g/mol. The van der Waals surface area contributed by atoms with E-state index in [1.54, 1.807) is 23.7 Å². The molecule has 9 heteroatoms. The Labute approximate surface area is 197 Å². The minimum Gasteiger partial charge on any atom is -0.493 e. The summed E-state index contributed by atoms with van der Waals surface area (Å²) in [5, 5.41) is 4.22. The largest absolute Gasteiger partial charge is 0.493 e. The number of aryl methyl sites for hydroxylation is 1. The van der Waals surface area contributed by atoms with Crippen LogP contribution in [-0.2, 0) is 20.1 Å². The van der Waals surface area contributed by atoms with Gasteiger partial charge in [0.05, 0.1) is 12.1 Å². The highest BCUT2D eigenvalue weighted by atomic mass is 79.9. The van der Waals surface area contributed by atoms with Crippen molar-refractivity contribution in [2.24, 2.45) is 7.05 Å². The summed E-state index contributed by atoms with van der Waals surface area (Å²) < 4.78 is 15.0. The Hall–Kier alpha value is -3.17. The topological polar surface area (TPSA) is 77.8 Å². The Bertz CT molecular complexity index is 1350. The summed E-state index contributed by atoms with van der Waals surface area (Å²) in [6.07, 6.45) is 6.24. The van der Waals surface area contributed by atoms with Crippen LogP contribution in [0.15, 0.2) is 64.2 Å². The number of aromatic nitrogens is 5. The Kier molecular flexibility index (Phi) is 5.91. The highest BCUT2D eigenvalue weighted by Gasteiger charge is 2.12. The molecule has 0 radical (unpaired) electrons. The molecule has 7 nitrogen and oxygen atoms in total. The second kappa shape index (κ2) is 9.13. The Balaban J connectivity index is 1.42. The maximum atomic E-state index is 6.08. The van der Waals surface area contributed by atoms with Gasteiger partial charge in [-0.3, -0.25) is 0 Å². The summed E-state index contributed by atoms with van der Waals surface area (Å²) in [5.74, 6) is 2.96. The third-order valence-corrected chi connectivity index (χ3v) is 6.15. The van der Waals surface area contributed by atoms with Gasteiger partial charge in [-0.1, -0.05) is 0 Å². The van der Waals surface area contributed by atoms with Crippen molar-refractivity contribution in [1.82, 2.24) is 24.5 Å². The number of rotatable bonds is 8.